The Labute approximate surface area is 130 Å². The molecule has 1 aromatic rings. The van der Waals surface area contributed by atoms with Crippen molar-refractivity contribution in [1.82, 2.24) is 5.32 Å². The maximum atomic E-state index is 12.3. The van der Waals surface area contributed by atoms with Crippen LogP contribution in [0.15, 0.2) is 22.7 Å². The van der Waals surface area contributed by atoms with Gasteiger partial charge in [-0.3, -0.25) is 4.79 Å². The van der Waals surface area contributed by atoms with Crippen LogP contribution in [0.5, 0.6) is 0 Å². The van der Waals surface area contributed by atoms with Crippen LogP contribution in [0.2, 0.25) is 0 Å². The van der Waals surface area contributed by atoms with E-state index in [4.69, 9.17) is 0 Å². The minimum atomic E-state index is 0.0423. The normalized spacial score (nSPS) is 21.9. The van der Waals surface area contributed by atoms with Gasteiger partial charge >= 0.3 is 0 Å². The molecule has 4 heteroatoms. The van der Waals surface area contributed by atoms with E-state index in [0.29, 0.717) is 6.04 Å². The molecule has 1 amide bonds. The van der Waals surface area contributed by atoms with E-state index < -0.39 is 0 Å². The Morgan fingerprint density at radius 2 is 2.22 bits per heavy atom. The fraction of sp³-hybridized carbons (Fsp3) is 0.500. The number of benzene rings is 1. The Bertz CT molecular complexity index is 473. The monoisotopic (exact) mass is 421 g/mol. The van der Waals surface area contributed by atoms with E-state index in [1.165, 1.54) is 12.8 Å². The second-order valence-corrected chi connectivity index (χ2v) is 7.61. The first-order chi connectivity index (χ1) is 8.40. The van der Waals surface area contributed by atoms with E-state index in [1.807, 2.05) is 18.2 Å². The zero-order chi connectivity index (χ0) is 13.3. The molecule has 1 saturated carbocycles. The van der Waals surface area contributed by atoms with Gasteiger partial charge in [0.25, 0.3) is 5.91 Å². The zero-order valence-electron chi connectivity index (χ0n) is 10.6. The summed E-state index contributed by atoms with van der Waals surface area (Å²) < 4.78 is 1.93. The number of nitrogens with one attached hydrogen (secondary N) is 1. The lowest BCUT2D eigenvalue weighted by Crippen LogP contribution is -2.41. The predicted molar refractivity (Wildman–Crippen MR) is 85.7 cm³/mol. The summed E-state index contributed by atoms with van der Waals surface area (Å²) in [5.41, 5.74) is 0.972. The number of carbonyl (C=O) groups is 1. The molecule has 1 aliphatic carbocycles. The van der Waals surface area contributed by atoms with Gasteiger partial charge in [0.05, 0.1) is 5.56 Å². The van der Waals surface area contributed by atoms with E-state index in [-0.39, 0.29) is 11.3 Å². The highest BCUT2D eigenvalue weighted by Crippen LogP contribution is 2.37. The standard InChI is InChI=1S/C14H17BrINO/c1-14(2)7-3-4-12(14)17-13(18)10-8-9(15)5-6-11(10)16/h5-6,8,12H,3-4,7H2,1-2H3,(H,17,18). The maximum Gasteiger partial charge on any atom is 0.252 e. The van der Waals surface area contributed by atoms with Gasteiger partial charge in [-0.1, -0.05) is 36.2 Å². The molecule has 2 nitrogen and oxygen atoms in total. The molecule has 0 radical (unpaired) electrons. The quantitative estimate of drug-likeness (QED) is 0.706. The van der Waals surface area contributed by atoms with Gasteiger partial charge in [0.2, 0.25) is 0 Å². The van der Waals surface area contributed by atoms with Gasteiger partial charge < -0.3 is 5.32 Å². The first-order valence-corrected chi connectivity index (χ1v) is 8.03. The minimum absolute atomic E-state index is 0.0423. The molecule has 2 rings (SSSR count). The van der Waals surface area contributed by atoms with Crippen LogP contribution < -0.4 is 5.32 Å². The van der Waals surface area contributed by atoms with Crippen molar-refractivity contribution in [2.75, 3.05) is 0 Å². The summed E-state index contributed by atoms with van der Waals surface area (Å²) in [5, 5.41) is 3.19. The largest absolute Gasteiger partial charge is 0.349 e. The van der Waals surface area contributed by atoms with E-state index in [0.717, 1.165) is 20.0 Å². The molecule has 0 heterocycles. The van der Waals surface area contributed by atoms with Crippen molar-refractivity contribution in [3.05, 3.63) is 31.8 Å². The lowest BCUT2D eigenvalue weighted by atomic mass is 9.87. The third-order valence-corrected chi connectivity index (χ3v) is 5.17. The fourth-order valence-corrected chi connectivity index (χ4v) is 3.44. The molecule has 1 atom stereocenters. The number of carbonyl (C=O) groups excluding carboxylic acids is 1. The zero-order valence-corrected chi connectivity index (χ0v) is 14.3. The molecule has 1 fully saturated rings. The van der Waals surface area contributed by atoms with Crippen molar-refractivity contribution in [3.63, 3.8) is 0 Å². The highest BCUT2D eigenvalue weighted by molar-refractivity contribution is 14.1. The molecule has 1 unspecified atom stereocenters. The van der Waals surface area contributed by atoms with Crippen LogP contribution in [0.25, 0.3) is 0 Å². The average molecular weight is 422 g/mol. The minimum Gasteiger partial charge on any atom is -0.349 e. The second-order valence-electron chi connectivity index (χ2n) is 5.53. The summed E-state index contributed by atoms with van der Waals surface area (Å²) in [5.74, 6) is 0.0423. The first kappa shape index (κ1) is 14.3. The third kappa shape index (κ3) is 3.07. The number of rotatable bonds is 2. The van der Waals surface area contributed by atoms with E-state index >= 15 is 0 Å². The van der Waals surface area contributed by atoms with Gasteiger partial charge in [-0.15, -0.1) is 0 Å². The van der Waals surface area contributed by atoms with Crippen molar-refractivity contribution in [3.8, 4) is 0 Å². The van der Waals surface area contributed by atoms with Crippen LogP contribution in [-0.4, -0.2) is 11.9 Å². The van der Waals surface area contributed by atoms with E-state index in [9.17, 15) is 4.79 Å². The van der Waals surface area contributed by atoms with Crippen LogP contribution in [0.4, 0.5) is 0 Å². The van der Waals surface area contributed by atoms with Crippen LogP contribution in [-0.2, 0) is 0 Å². The van der Waals surface area contributed by atoms with Crippen molar-refractivity contribution in [2.45, 2.75) is 39.2 Å². The maximum absolute atomic E-state index is 12.3. The Balaban J connectivity index is 2.15. The lowest BCUT2D eigenvalue weighted by molar-refractivity contribution is 0.0909. The van der Waals surface area contributed by atoms with E-state index in [1.54, 1.807) is 0 Å². The van der Waals surface area contributed by atoms with Crippen molar-refractivity contribution in [1.29, 1.82) is 0 Å². The Morgan fingerprint density at radius 1 is 1.50 bits per heavy atom. The molecule has 0 saturated heterocycles. The molecular formula is C14H17BrINO. The molecule has 0 aliphatic heterocycles. The number of hydrogen-bond acceptors (Lipinski definition) is 1. The summed E-state index contributed by atoms with van der Waals surface area (Å²) in [6.45, 7) is 4.47. The summed E-state index contributed by atoms with van der Waals surface area (Å²) in [6.07, 6.45) is 3.48. The summed E-state index contributed by atoms with van der Waals surface area (Å²) in [4.78, 5) is 12.3. The number of halogens is 2. The second kappa shape index (κ2) is 5.49. The van der Waals surface area contributed by atoms with Crippen molar-refractivity contribution >= 4 is 44.4 Å². The lowest BCUT2D eigenvalue weighted by Gasteiger charge is -2.28. The van der Waals surface area contributed by atoms with Gasteiger partial charge in [-0.25, -0.2) is 0 Å². The van der Waals surface area contributed by atoms with Crippen LogP contribution in [0.3, 0.4) is 0 Å². The molecule has 1 aromatic carbocycles. The molecule has 0 aromatic heterocycles. The van der Waals surface area contributed by atoms with Gasteiger partial charge in [-0.05, 0) is 59.0 Å². The van der Waals surface area contributed by atoms with Gasteiger partial charge in [0.15, 0.2) is 0 Å². The fourth-order valence-electron chi connectivity index (χ4n) is 2.50. The Hall–Kier alpha value is -0.100. The number of hydrogen-bond donors (Lipinski definition) is 1. The highest BCUT2D eigenvalue weighted by Gasteiger charge is 2.35. The predicted octanol–water partition coefficient (Wildman–Crippen LogP) is 4.36. The average Bonchev–Trinajstić information content (AvgIpc) is 2.62. The number of amides is 1. The summed E-state index contributed by atoms with van der Waals surface area (Å²) in [7, 11) is 0. The van der Waals surface area contributed by atoms with Crippen LogP contribution in [0.1, 0.15) is 43.5 Å². The van der Waals surface area contributed by atoms with Crippen LogP contribution in [0, 0.1) is 8.99 Å². The molecule has 0 spiro atoms. The van der Waals surface area contributed by atoms with Gasteiger partial charge in [-0.2, -0.15) is 0 Å². The highest BCUT2D eigenvalue weighted by atomic mass is 127. The van der Waals surface area contributed by atoms with Gasteiger partial charge in [0, 0.05) is 14.1 Å². The first-order valence-electron chi connectivity index (χ1n) is 6.16. The SMILES string of the molecule is CC1(C)CCCC1NC(=O)c1cc(Br)ccc1I. The molecule has 1 aliphatic rings. The smallest absolute Gasteiger partial charge is 0.252 e. The van der Waals surface area contributed by atoms with Crippen molar-refractivity contribution < 1.29 is 4.79 Å². The third-order valence-electron chi connectivity index (χ3n) is 3.74. The van der Waals surface area contributed by atoms with Gasteiger partial charge in [0.1, 0.15) is 0 Å². The molecular weight excluding hydrogens is 405 g/mol. The molecule has 0 bridgehead atoms. The Kier molecular flexibility index (Phi) is 4.36. The summed E-state index contributed by atoms with van der Waals surface area (Å²) in [6, 6.07) is 6.09. The Morgan fingerprint density at radius 3 is 2.83 bits per heavy atom. The molecule has 98 valence electrons. The van der Waals surface area contributed by atoms with Crippen LogP contribution >= 0.6 is 38.5 Å². The molecule has 18 heavy (non-hydrogen) atoms. The molecule has 1 N–H and O–H groups in total. The van der Waals surface area contributed by atoms with Crippen molar-refractivity contribution in [2.24, 2.45) is 5.41 Å². The van der Waals surface area contributed by atoms with E-state index in [2.05, 4.69) is 57.7 Å². The summed E-state index contributed by atoms with van der Waals surface area (Å²) >= 11 is 5.62. The topological polar surface area (TPSA) is 29.1 Å².